The molecule has 0 fully saturated rings. The average Bonchev–Trinajstić information content (AvgIpc) is 2.59. The average molecular weight is 356 g/mol. The van der Waals surface area contributed by atoms with Crippen LogP contribution in [-0.2, 0) is 19.1 Å². The fraction of sp³-hybridized carbons (Fsp3) is 0.438. The smallest absolute Gasteiger partial charge is 0.306 e. The molecule has 1 aromatic rings. The minimum absolute atomic E-state index is 0.0317. The second kappa shape index (κ2) is 11.1. The normalized spacial score (nSPS) is 10.4. The van der Waals surface area contributed by atoms with Crippen LogP contribution in [0.5, 0.6) is 0 Å². The Morgan fingerprint density at radius 1 is 1.09 bits per heavy atom. The molecular weight excluding hydrogens is 336 g/mol. The predicted molar refractivity (Wildman–Crippen MR) is 92.8 cm³/mol. The van der Waals surface area contributed by atoms with E-state index in [4.69, 9.17) is 0 Å². The molecule has 0 radical (unpaired) electrons. The third kappa shape index (κ3) is 7.56. The topological polar surface area (TPSA) is 69.7 Å². The van der Waals surface area contributed by atoms with E-state index < -0.39 is 0 Å². The summed E-state index contributed by atoms with van der Waals surface area (Å²) in [6, 6.07) is 7.33. The molecule has 0 aliphatic carbocycles. The molecule has 0 spiro atoms. The van der Waals surface area contributed by atoms with Gasteiger partial charge < -0.3 is 9.47 Å². The Kier molecular flexibility index (Phi) is 9.47. The van der Waals surface area contributed by atoms with Gasteiger partial charge in [0.05, 0.1) is 31.6 Å². The van der Waals surface area contributed by atoms with Gasteiger partial charge in [-0.3, -0.25) is 14.4 Å². The van der Waals surface area contributed by atoms with Gasteiger partial charge in [-0.1, -0.05) is 18.2 Å². The number of methoxy groups -OCH3 is 2. The van der Waals surface area contributed by atoms with Gasteiger partial charge in [0.25, 0.3) is 0 Å². The first-order valence-corrected chi connectivity index (χ1v) is 9.12. The molecule has 0 amide bonds. The van der Waals surface area contributed by atoms with Crippen LogP contribution in [0.1, 0.15) is 33.3 Å². The maximum atomic E-state index is 11.2. The molecule has 0 saturated heterocycles. The number of ether oxygens (including phenoxy) is 2. The number of esters is 2. The highest BCUT2D eigenvalue weighted by Crippen LogP contribution is 2.40. The third-order valence-electron chi connectivity index (χ3n) is 2.93. The Morgan fingerprint density at radius 3 is 2.13 bits per heavy atom. The van der Waals surface area contributed by atoms with E-state index in [0.29, 0.717) is 29.9 Å². The Morgan fingerprint density at radius 2 is 1.65 bits per heavy atom. The summed E-state index contributed by atoms with van der Waals surface area (Å²) in [7, 11) is 2.73. The highest BCUT2D eigenvalue weighted by atomic mass is 32.2. The number of carbonyl (C=O) groups excluding carboxylic acids is 3. The minimum Gasteiger partial charge on any atom is -0.469 e. The molecule has 5 nitrogen and oxygen atoms in total. The molecular formula is C16H20O5S2. The van der Waals surface area contributed by atoms with E-state index in [-0.39, 0.29) is 16.5 Å². The van der Waals surface area contributed by atoms with E-state index in [1.54, 1.807) is 29.6 Å². The maximum Gasteiger partial charge on any atom is 0.306 e. The maximum absolute atomic E-state index is 11.2. The molecule has 0 heterocycles. The minimum atomic E-state index is -0.252. The van der Waals surface area contributed by atoms with Crippen LogP contribution < -0.4 is 0 Å². The predicted octanol–water partition coefficient (Wildman–Crippen LogP) is 3.09. The molecule has 7 heteroatoms. The lowest BCUT2D eigenvalue weighted by Gasteiger charge is -2.16. The van der Waals surface area contributed by atoms with Crippen molar-refractivity contribution in [1.82, 2.24) is 0 Å². The van der Waals surface area contributed by atoms with Crippen molar-refractivity contribution in [3.05, 3.63) is 35.4 Å². The Balaban J connectivity index is 2.68. The molecule has 0 aliphatic heterocycles. The number of hydrogen-bond donors (Lipinski definition) is 0. The van der Waals surface area contributed by atoms with Crippen LogP contribution in [0.4, 0.5) is 0 Å². The van der Waals surface area contributed by atoms with Crippen LogP contribution in [0.25, 0.3) is 0 Å². The molecule has 0 N–H and O–H groups in total. The summed E-state index contributed by atoms with van der Waals surface area (Å²) in [5.41, 5.74) is 1.59. The van der Waals surface area contributed by atoms with Crippen LogP contribution >= 0.6 is 23.5 Å². The van der Waals surface area contributed by atoms with Crippen LogP contribution in [0, 0.1) is 0 Å². The van der Waals surface area contributed by atoms with Crippen LogP contribution in [0.3, 0.4) is 0 Å². The summed E-state index contributed by atoms with van der Waals surface area (Å²) in [6.07, 6.45) is 1.45. The molecule has 0 aliphatic rings. The highest BCUT2D eigenvalue weighted by molar-refractivity contribution is 8.16. The van der Waals surface area contributed by atoms with E-state index in [1.165, 1.54) is 14.2 Å². The van der Waals surface area contributed by atoms with Gasteiger partial charge in [-0.05, 0) is 11.6 Å². The zero-order valence-corrected chi connectivity index (χ0v) is 14.8. The number of aldehydes is 1. The van der Waals surface area contributed by atoms with Gasteiger partial charge in [0.1, 0.15) is 6.29 Å². The summed E-state index contributed by atoms with van der Waals surface area (Å²) in [5, 5.41) is 0. The number of benzene rings is 1. The zero-order chi connectivity index (χ0) is 17.1. The molecule has 0 aromatic heterocycles. The van der Waals surface area contributed by atoms with Gasteiger partial charge in [-0.25, -0.2) is 0 Å². The van der Waals surface area contributed by atoms with Crippen molar-refractivity contribution in [1.29, 1.82) is 0 Å². The van der Waals surface area contributed by atoms with E-state index in [0.717, 1.165) is 11.8 Å². The van der Waals surface area contributed by atoms with Crippen LogP contribution in [0.15, 0.2) is 24.3 Å². The summed E-state index contributed by atoms with van der Waals surface area (Å²) < 4.78 is 9.30. The number of carbonyl (C=O) groups is 3. The molecule has 1 aromatic carbocycles. The lowest BCUT2D eigenvalue weighted by molar-refractivity contribution is -0.140. The number of hydrogen-bond acceptors (Lipinski definition) is 7. The first-order valence-electron chi connectivity index (χ1n) is 7.02. The second-order valence-electron chi connectivity index (χ2n) is 4.51. The molecule has 23 heavy (non-hydrogen) atoms. The standard InChI is InChI=1S/C16H20O5S2/c1-20-14(18)6-8-22-16(23-9-7-15(19)21-2)13-5-3-4-12(10-13)11-17/h3-5,10-11,16H,6-9H2,1-2H3. The Labute approximate surface area is 144 Å². The van der Waals surface area contributed by atoms with E-state index in [9.17, 15) is 14.4 Å². The monoisotopic (exact) mass is 356 g/mol. The van der Waals surface area contributed by atoms with E-state index in [2.05, 4.69) is 9.47 Å². The lowest BCUT2D eigenvalue weighted by Crippen LogP contribution is -2.04. The van der Waals surface area contributed by atoms with Gasteiger partial charge in [0.15, 0.2) is 0 Å². The van der Waals surface area contributed by atoms with Gasteiger partial charge in [-0.15, -0.1) is 23.5 Å². The van der Waals surface area contributed by atoms with E-state index >= 15 is 0 Å². The van der Waals surface area contributed by atoms with Crippen LogP contribution in [0.2, 0.25) is 0 Å². The van der Waals surface area contributed by atoms with Crippen molar-refractivity contribution in [2.75, 3.05) is 25.7 Å². The number of rotatable bonds is 10. The van der Waals surface area contributed by atoms with Gasteiger partial charge >= 0.3 is 11.9 Å². The lowest BCUT2D eigenvalue weighted by atomic mass is 10.2. The number of thioether (sulfide) groups is 2. The SMILES string of the molecule is COC(=O)CCSC(SCCC(=O)OC)c1cccc(C=O)c1. The zero-order valence-electron chi connectivity index (χ0n) is 13.2. The molecule has 126 valence electrons. The quantitative estimate of drug-likeness (QED) is 0.362. The molecule has 0 bridgehead atoms. The molecule has 0 unspecified atom stereocenters. The highest BCUT2D eigenvalue weighted by Gasteiger charge is 2.15. The van der Waals surface area contributed by atoms with Crippen molar-refractivity contribution in [2.24, 2.45) is 0 Å². The van der Waals surface area contributed by atoms with Gasteiger partial charge in [0, 0.05) is 17.1 Å². The van der Waals surface area contributed by atoms with Crippen molar-refractivity contribution in [3.63, 3.8) is 0 Å². The van der Waals surface area contributed by atoms with Crippen LogP contribution in [-0.4, -0.2) is 44.0 Å². The first kappa shape index (κ1) is 19.6. The second-order valence-corrected chi connectivity index (χ2v) is 7.24. The van der Waals surface area contributed by atoms with Gasteiger partial charge in [0.2, 0.25) is 0 Å². The third-order valence-corrected chi connectivity index (χ3v) is 5.77. The van der Waals surface area contributed by atoms with Crippen molar-refractivity contribution in [2.45, 2.75) is 17.4 Å². The fourth-order valence-electron chi connectivity index (χ4n) is 1.72. The van der Waals surface area contributed by atoms with Crippen molar-refractivity contribution in [3.8, 4) is 0 Å². The Hall–Kier alpha value is -1.47. The van der Waals surface area contributed by atoms with Gasteiger partial charge in [-0.2, -0.15) is 0 Å². The summed E-state index contributed by atoms with van der Waals surface area (Å²) >= 11 is 3.18. The summed E-state index contributed by atoms with van der Waals surface area (Å²) in [5.74, 6) is 0.705. The van der Waals surface area contributed by atoms with E-state index in [1.807, 2.05) is 18.2 Å². The fourth-order valence-corrected chi connectivity index (χ4v) is 4.36. The summed E-state index contributed by atoms with van der Waals surface area (Å²) in [4.78, 5) is 33.4. The molecule has 1 rings (SSSR count). The largest absolute Gasteiger partial charge is 0.469 e. The first-order chi connectivity index (χ1) is 11.1. The molecule has 0 atom stereocenters. The van der Waals surface area contributed by atoms with Crippen molar-refractivity contribution >= 4 is 41.7 Å². The Bertz CT molecular complexity index is 511. The molecule has 0 saturated carbocycles. The van der Waals surface area contributed by atoms with Crippen molar-refractivity contribution < 1.29 is 23.9 Å². The summed E-state index contributed by atoms with van der Waals surface area (Å²) in [6.45, 7) is 0.